The maximum atomic E-state index is 6.79. The quantitative estimate of drug-likeness (QED) is 0.193. The molecule has 0 aliphatic carbocycles. The van der Waals surface area contributed by atoms with Crippen LogP contribution in [0.5, 0.6) is 11.6 Å². The summed E-state index contributed by atoms with van der Waals surface area (Å²) in [6, 6.07) is 42.2. The van der Waals surface area contributed by atoms with Gasteiger partial charge in [-0.2, -0.15) is 0 Å². The number of hydrogen-bond acceptors (Lipinski definition) is 2. The van der Waals surface area contributed by atoms with Crippen molar-refractivity contribution in [2.24, 2.45) is 0 Å². The van der Waals surface area contributed by atoms with Crippen molar-refractivity contribution in [2.75, 3.05) is 0 Å². The van der Waals surface area contributed by atoms with E-state index in [9.17, 15) is 0 Å². The summed E-state index contributed by atoms with van der Waals surface area (Å²) in [6.45, 7) is 27.1. The summed E-state index contributed by atoms with van der Waals surface area (Å²) in [5, 5.41) is 2.38. The predicted octanol–water partition coefficient (Wildman–Crippen LogP) is 14.7. The number of hydrogen-bond donors (Lipinski definition) is 1. The molecule has 0 amide bonds. The van der Waals surface area contributed by atoms with Crippen LogP contribution in [0.3, 0.4) is 0 Å². The number of nitrogens with one attached hydrogen (secondary N) is 1. The molecule has 7 rings (SSSR count). The standard InChI is InChI=1S/C51H56N2O/c1-48(2,3)37-20-16-32(17-21-37)34-26-35(33-18-22-38(23-19-33)49(4,5)6)28-36(27-34)43-14-13-15-46(52-43)54-45-31-40(51(10,11)12)30-42-41-29-39(50(7,8)9)24-25-44(41)53-47(42)45/h13-31,53H,1-12H3. The Hall–Kier alpha value is -5.15. The van der Waals surface area contributed by atoms with E-state index in [-0.39, 0.29) is 21.7 Å². The Morgan fingerprint density at radius 3 is 1.43 bits per heavy atom. The second-order valence-corrected chi connectivity index (χ2v) is 19.2. The summed E-state index contributed by atoms with van der Waals surface area (Å²) < 4.78 is 6.79. The van der Waals surface area contributed by atoms with E-state index in [0.717, 1.165) is 39.2 Å². The van der Waals surface area contributed by atoms with Gasteiger partial charge in [-0.25, -0.2) is 4.98 Å². The van der Waals surface area contributed by atoms with Gasteiger partial charge in [-0.05, 0) is 115 Å². The molecule has 0 aliphatic rings. The lowest BCUT2D eigenvalue weighted by molar-refractivity contribution is 0.465. The van der Waals surface area contributed by atoms with Gasteiger partial charge in [-0.1, -0.05) is 144 Å². The second kappa shape index (κ2) is 13.3. The first-order valence-electron chi connectivity index (χ1n) is 19.4. The number of nitrogens with zero attached hydrogens (tertiary/aromatic N) is 1. The highest BCUT2D eigenvalue weighted by atomic mass is 16.5. The Morgan fingerprint density at radius 2 is 0.907 bits per heavy atom. The summed E-state index contributed by atoms with van der Waals surface area (Å²) >= 11 is 0. The number of benzene rings is 5. The smallest absolute Gasteiger partial charge is 0.219 e. The van der Waals surface area contributed by atoms with Gasteiger partial charge >= 0.3 is 0 Å². The highest BCUT2D eigenvalue weighted by Gasteiger charge is 2.22. The molecule has 0 aliphatic heterocycles. The van der Waals surface area contributed by atoms with Crippen molar-refractivity contribution < 1.29 is 4.74 Å². The monoisotopic (exact) mass is 712 g/mol. The Morgan fingerprint density at radius 1 is 0.426 bits per heavy atom. The first kappa shape index (κ1) is 37.2. The Bertz CT molecular complexity index is 2390. The van der Waals surface area contributed by atoms with Crippen LogP contribution in [0.25, 0.3) is 55.3 Å². The minimum absolute atomic E-state index is 0.0477. The summed E-state index contributed by atoms with van der Waals surface area (Å²) in [5.41, 5.74) is 14.0. The van der Waals surface area contributed by atoms with Crippen LogP contribution >= 0.6 is 0 Å². The molecule has 1 N–H and O–H groups in total. The van der Waals surface area contributed by atoms with Crippen LogP contribution in [0.15, 0.2) is 115 Å². The van der Waals surface area contributed by atoms with Gasteiger partial charge < -0.3 is 9.72 Å². The fourth-order valence-corrected chi connectivity index (χ4v) is 7.13. The van der Waals surface area contributed by atoms with Crippen molar-refractivity contribution in [3.63, 3.8) is 0 Å². The third-order valence-electron chi connectivity index (χ3n) is 10.7. The molecule has 54 heavy (non-hydrogen) atoms. The molecular formula is C51H56N2O. The molecule has 0 spiro atoms. The van der Waals surface area contributed by atoms with Gasteiger partial charge in [0.15, 0.2) is 5.75 Å². The van der Waals surface area contributed by atoms with Crippen molar-refractivity contribution in [3.05, 3.63) is 138 Å². The molecule has 2 aromatic heterocycles. The van der Waals surface area contributed by atoms with E-state index in [0.29, 0.717) is 5.88 Å². The molecule has 7 aromatic rings. The summed E-state index contributed by atoms with van der Waals surface area (Å²) in [4.78, 5) is 8.86. The van der Waals surface area contributed by atoms with Crippen LogP contribution in [-0.2, 0) is 21.7 Å². The minimum atomic E-state index is -0.0696. The highest BCUT2D eigenvalue weighted by Crippen LogP contribution is 2.41. The Kier molecular flexibility index (Phi) is 9.16. The molecule has 0 bridgehead atoms. The third-order valence-corrected chi connectivity index (χ3v) is 10.7. The summed E-state index contributed by atoms with van der Waals surface area (Å²) in [6.07, 6.45) is 0. The zero-order valence-electron chi connectivity index (χ0n) is 34.3. The van der Waals surface area contributed by atoms with Gasteiger partial charge in [0.1, 0.15) is 0 Å². The maximum Gasteiger partial charge on any atom is 0.219 e. The van der Waals surface area contributed by atoms with E-state index in [2.05, 4.69) is 191 Å². The molecule has 0 saturated heterocycles. The molecule has 276 valence electrons. The lowest BCUT2D eigenvalue weighted by Gasteiger charge is -2.21. The minimum Gasteiger partial charge on any atom is -0.437 e. The molecule has 3 nitrogen and oxygen atoms in total. The number of rotatable bonds is 5. The van der Waals surface area contributed by atoms with Gasteiger partial charge in [0.2, 0.25) is 5.88 Å². The predicted molar refractivity (Wildman–Crippen MR) is 231 cm³/mol. The average Bonchev–Trinajstić information content (AvgIpc) is 3.49. The van der Waals surface area contributed by atoms with Crippen molar-refractivity contribution in [2.45, 2.75) is 105 Å². The zero-order valence-corrected chi connectivity index (χ0v) is 34.3. The summed E-state index contributed by atoms with van der Waals surface area (Å²) in [7, 11) is 0. The number of aromatic nitrogens is 2. The van der Waals surface area contributed by atoms with E-state index in [1.165, 1.54) is 44.2 Å². The van der Waals surface area contributed by atoms with Crippen LogP contribution < -0.4 is 4.74 Å². The molecule has 5 aromatic carbocycles. The Labute approximate surface area is 322 Å². The molecular weight excluding hydrogens is 657 g/mol. The summed E-state index contributed by atoms with van der Waals surface area (Å²) in [5.74, 6) is 1.34. The first-order chi connectivity index (χ1) is 25.2. The lowest BCUT2D eigenvalue weighted by Crippen LogP contribution is -2.11. The van der Waals surface area contributed by atoms with E-state index >= 15 is 0 Å². The Balaban J connectivity index is 1.33. The number of aromatic amines is 1. The van der Waals surface area contributed by atoms with E-state index in [1.54, 1.807) is 0 Å². The zero-order chi connectivity index (χ0) is 38.8. The van der Waals surface area contributed by atoms with Gasteiger partial charge in [0.05, 0.1) is 11.2 Å². The highest BCUT2D eigenvalue weighted by molar-refractivity contribution is 6.10. The third kappa shape index (κ3) is 7.60. The van der Waals surface area contributed by atoms with Gasteiger partial charge in [-0.15, -0.1) is 0 Å². The number of pyridine rings is 1. The molecule has 0 unspecified atom stereocenters. The topological polar surface area (TPSA) is 37.9 Å². The fourth-order valence-electron chi connectivity index (χ4n) is 7.13. The van der Waals surface area contributed by atoms with Gasteiger partial charge in [-0.3, -0.25) is 0 Å². The van der Waals surface area contributed by atoms with Crippen LogP contribution in [0.2, 0.25) is 0 Å². The normalized spacial score (nSPS) is 12.8. The van der Waals surface area contributed by atoms with Gasteiger partial charge in [0, 0.05) is 27.9 Å². The van der Waals surface area contributed by atoms with E-state index < -0.39 is 0 Å². The molecule has 2 heterocycles. The molecule has 0 radical (unpaired) electrons. The van der Waals surface area contributed by atoms with Crippen LogP contribution in [0, 0.1) is 0 Å². The first-order valence-corrected chi connectivity index (χ1v) is 19.4. The molecule has 0 atom stereocenters. The van der Waals surface area contributed by atoms with Crippen molar-refractivity contribution in [3.8, 4) is 45.1 Å². The number of fused-ring (bicyclic) bond motifs is 3. The number of H-pyrrole nitrogens is 1. The lowest BCUT2D eigenvalue weighted by atomic mass is 9.85. The van der Waals surface area contributed by atoms with Crippen molar-refractivity contribution in [1.29, 1.82) is 0 Å². The molecule has 0 saturated carbocycles. The van der Waals surface area contributed by atoms with Crippen LogP contribution in [-0.4, -0.2) is 9.97 Å². The SMILES string of the molecule is CC(C)(C)c1ccc(-c2cc(-c3ccc(C(C)(C)C)cc3)cc(-c3cccc(Oc4cc(C(C)(C)C)cc5c4[nH]c4ccc(C(C)(C)C)cc45)n3)c2)cc1. The second-order valence-electron chi connectivity index (χ2n) is 19.2. The number of ether oxygens (including phenoxy) is 1. The average molecular weight is 713 g/mol. The van der Waals surface area contributed by atoms with Gasteiger partial charge in [0.25, 0.3) is 0 Å². The van der Waals surface area contributed by atoms with Crippen molar-refractivity contribution >= 4 is 21.8 Å². The van der Waals surface area contributed by atoms with Crippen LogP contribution in [0.1, 0.15) is 105 Å². The van der Waals surface area contributed by atoms with Crippen molar-refractivity contribution in [1.82, 2.24) is 9.97 Å². The van der Waals surface area contributed by atoms with E-state index in [1.807, 2.05) is 12.1 Å². The maximum absolute atomic E-state index is 6.79. The molecule has 3 heteroatoms. The largest absolute Gasteiger partial charge is 0.437 e. The van der Waals surface area contributed by atoms with Crippen LogP contribution in [0.4, 0.5) is 0 Å². The van der Waals surface area contributed by atoms with E-state index in [4.69, 9.17) is 9.72 Å². The molecule has 0 fully saturated rings. The fraction of sp³-hybridized carbons (Fsp3) is 0.314.